The third-order valence-corrected chi connectivity index (χ3v) is 4.27. The molecule has 108 valence electrons. The second-order valence-corrected chi connectivity index (χ2v) is 5.36. The number of aliphatic hydroxyl groups excluding tert-OH is 1. The van der Waals surface area contributed by atoms with E-state index in [1.165, 1.54) is 11.3 Å². The van der Waals surface area contributed by atoms with Crippen LogP contribution in [0.15, 0.2) is 35.7 Å². The van der Waals surface area contributed by atoms with Gasteiger partial charge in [-0.1, -0.05) is 12.1 Å². The lowest BCUT2D eigenvalue weighted by atomic mass is 9.92. The van der Waals surface area contributed by atoms with Crippen molar-refractivity contribution in [1.29, 1.82) is 0 Å². The third-order valence-electron chi connectivity index (χ3n) is 3.30. The predicted molar refractivity (Wildman–Crippen MR) is 80.6 cm³/mol. The van der Waals surface area contributed by atoms with Crippen LogP contribution in [0.25, 0.3) is 0 Å². The van der Waals surface area contributed by atoms with Gasteiger partial charge in [-0.25, -0.2) is 0 Å². The van der Waals surface area contributed by atoms with Gasteiger partial charge < -0.3 is 20.3 Å². The number of thiophene rings is 1. The Balaban J connectivity index is 2.31. The summed E-state index contributed by atoms with van der Waals surface area (Å²) in [5.41, 5.74) is 6.81. The van der Waals surface area contributed by atoms with Crippen molar-refractivity contribution in [3.05, 3.63) is 46.2 Å². The van der Waals surface area contributed by atoms with Gasteiger partial charge in [0.1, 0.15) is 11.5 Å². The van der Waals surface area contributed by atoms with Gasteiger partial charge in [0.2, 0.25) is 0 Å². The minimum Gasteiger partial charge on any atom is -0.497 e. The molecule has 1 heterocycles. The lowest BCUT2D eigenvalue weighted by Gasteiger charge is -2.22. The number of hydrogen-bond acceptors (Lipinski definition) is 5. The van der Waals surface area contributed by atoms with Crippen molar-refractivity contribution in [2.45, 2.75) is 12.0 Å². The van der Waals surface area contributed by atoms with E-state index in [0.29, 0.717) is 12.3 Å². The first-order valence-corrected chi connectivity index (χ1v) is 7.22. The third kappa shape index (κ3) is 2.95. The van der Waals surface area contributed by atoms with Crippen molar-refractivity contribution in [3.8, 4) is 11.5 Å². The normalized spacial score (nSPS) is 13.8. The highest BCUT2D eigenvalue weighted by Crippen LogP contribution is 2.39. The van der Waals surface area contributed by atoms with Gasteiger partial charge in [0, 0.05) is 12.5 Å². The van der Waals surface area contributed by atoms with Crippen LogP contribution in [0.5, 0.6) is 11.5 Å². The van der Waals surface area contributed by atoms with E-state index in [4.69, 9.17) is 15.2 Å². The molecule has 0 fully saturated rings. The Kier molecular flexibility index (Phi) is 5.00. The second-order valence-electron chi connectivity index (χ2n) is 4.42. The maximum atomic E-state index is 10.6. The van der Waals surface area contributed by atoms with E-state index in [1.807, 2.05) is 35.7 Å². The smallest absolute Gasteiger partial charge is 0.135 e. The SMILES string of the molecule is COc1cccc(C(CN)C(O)c2sccc2OC)c1. The molecule has 5 heteroatoms. The average molecular weight is 293 g/mol. The Labute approximate surface area is 122 Å². The van der Waals surface area contributed by atoms with E-state index in [2.05, 4.69) is 0 Å². The van der Waals surface area contributed by atoms with Gasteiger partial charge in [0.05, 0.1) is 25.2 Å². The lowest BCUT2D eigenvalue weighted by Crippen LogP contribution is -2.20. The fourth-order valence-corrected chi connectivity index (χ4v) is 3.11. The van der Waals surface area contributed by atoms with E-state index >= 15 is 0 Å². The highest BCUT2D eigenvalue weighted by molar-refractivity contribution is 7.10. The van der Waals surface area contributed by atoms with Crippen molar-refractivity contribution >= 4 is 11.3 Å². The predicted octanol–water partition coefficient (Wildman–Crippen LogP) is 2.54. The number of aliphatic hydroxyl groups is 1. The van der Waals surface area contributed by atoms with Gasteiger partial charge in [0.25, 0.3) is 0 Å². The molecule has 0 saturated carbocycles. The Bertz CT molecular complexity index is 556. The zero-order valence-corrected chi connectivity index (χ0v) is 12.4. The summed E-state index contributed by atoms with van der Waals surface area (Å²) in [4.78, 5) is 0.797. The molecule has 3 N–H and O–H groups in total. The van der Waals surface area contributed by atoms with Gasteiger partial charge in [-0.05, 0) is 29.1 Å². The summed E-state index contributed by atoms with van der Waals surface area (Å²) < 4.78 is 10.5. The molecule has 0 aliphatic carbocycles. The summed E-state index contributed by atoms with van der Waals surface area (Å²) in [6.07, 6.45) is -0.693. The topological polar surface area (TPSA) is 64.7 Å². The fraction of sp³-hybridized carbons (Fsp3) is 0.333. The first kappa shape index (κ1) is 14.8. The highest BCUT2D eigenvalue weighted by Gasteiger charge is 2.25. The average Bonchev–Trinajstić information content (AvgIpc) is 2.96. The van der Waals surface area contributed by atoms with Crippen LogP contribution >= 0.6 is 11.3 Å². The summed E-state index contributed by atoms with van der Waals surface area (Å²) in [5.74, 6) is 1.26. The molecule has 2 atom stereocenters. The number of rotatable bonds is 6. The van der Waals surface area contributed by atoms with Crippen LogP contribution in [-0.4, -0.2) is 25.9 Å². The molecule has 0 bridgehead atoms. The van der Waals surface area contributed by atoms with Gasteiger partial charge in [-0.3, -0.25) is 0 Å². The number of ether oxygens (including phenoxy) is 2. The minimum atomic E-state index is -0.693. The summed E-state index contributed by atoms with van der Waals surface area (Å²) in [7, 11) is 3.22. The summed E-state index contributed by atoms with van der Waals surface area (Å²) in [6.45, 7) is 0.343. The lowest BCUT2D eigenvalue weighted by molar-refractivity contribution is 0.147. The van der Waals surface area contributed by atoms with Gasteiger partial charge in [-0.15, -0.1) is 11.3 Å². The van der Waals surface area contributed by atoms with Crippen LogP contribution in [-0.2, 0) is 0 Å². The molecule has 1 aromatic heterocycles. The first-order valence-electron chi connectivity index (χ1n) is 6.34. The first-order chi connectivity index (χ1) is 9.71. The quantitative estimate of drug-likeness (QED) is 0.859. The largest absolute Gasteiger partial charge is 0.497 e. The van der Waals surface area contributed by atoms with Crippen molar-refractivity contribution in [1.82, 2.24) is 0 Å². The van der Waals surface area contributed by atoms with E-state index in [9.17, 15) is 5.11 Å². The Hall–Kier alpha value is -1.56. The van der Waals surface area contributed by atoms with Crippen LogP contribution in [0.3, 0.4) is 0 Å². The maximum Gasteiger partial charge on any atom is 0.135 e. The van der Waals surface area contributed by atoms with Gasteiger partial charge in [0.15, 0.2) is 0 Å². The molecule has 2 aromatic rings. The van der Waals surface area contributed by atoms with E-state index in [1.54, 1.807) is 14.2 Å². The molecule has 2 rings (SSSR count). The van der Waals surface area contributed by atoms with Crippen LogP contribution in [0.2, 0.25) is 0 Å². The van der Waals surface area contributed by atoms with Crippen LogP contribution in [0.1, 0.15) is 22.5 Å². The number of methoxy groups -OCH3 is 2. The summed E-state index contributed by atoms with van der Waals surface area (Å²) >= 11 is 1.47. The zero-order chi connectivity index (χ0) is 14.5. The molecule has 0 amide bonds. The van der Waals surface area contributed by atoms with Crippen molar-refractivity contribution in [3.63, 3.8) is 0 Å². The molecule has 1 aromatic carbocycles. The van der Waals surface area contributed by atoms with E-state index < -0.39 is 6.10 Å². The minimum absolute atomic E-state index is 0.197. The zero-order valence-electron chi connectivity index (χ0n) is 11.6. The molecule has 2 unspecified atom stereocenters. The van der Waals surface area contributed by atoms with Gasteiger partial charge >= 0.3 is 0 Å². The van der Waals surface area contributed by atoms with Crippen LogP contribution in [0, 0.1) is 0 Å². The Morgan fingerprint density at radius 2 is 2.05 bits per heavy atom. The molecule has 0 saturated heterocycles. The molecule has 0 aliphatic heterocycles. The van der Waals surface area contributed by atoms with Crippen molar-refractivity contribution in [2.24, 2.45) is 5.73 Å². The maximum absolute atomic E-state index is 10.6. The molecular formula is C15H19NO3S. The van der Waals surface area contributed by atoms with Crippen LogP contribution in [0.4, 0.5) is 0 Å². The van der Waals surface area contributed by atoms with Gasteiger partial charge in [-0.2, -0.15) is 0 Å². The number of hydrogen-bond donors (Lipinski definition) is 2. The summed E-state index contributed by atoms with van der Waals surface area (Å²) in [6, 6.07) is 9.47. The standard InChI is InChI=1S/C15H19NO3S/c1-18-11-5-3-4-10(8-11)12(9-16)14(17)15-13(19-2)6-7-20-15/h3-8,12,14,17H,9,16H2,1-2H3. The second kappa shape index (κ2) is 6.74. The highest BCUT2D eigenvalue weighted by atomic mass is 32.1. The van der Waals surface area contributed by atoms with Crippen LogP contribution < -0.4 is 15.2 Å². The van der Waals surface area contributed by atoms with E-state index in [-0.39, 0.29) is 5.92 Å². The van der Waals surface area contributed by atoms with Crippen molar-refractivity contribution in [2.75, 3.05) is 20.8 Å². The molecule has 0 aliphatic rings. The monoisotopic (exact) mass is 293 g/mol. The Morgan fingerprint density at radius 1 is 1.25 bits per heavy atom. The van der Waals surface area contributed by atoms with E-state index in [0.717, 1.165) is 16.2 Å². The molecule has 20 heavy (non-hydrogen) atoms. The Morgan fingerprint density at radius 3 is 2.70 bits per heavy atom. The molecule has 4 nitrogen and oxygen atoms in total. The molecular weight excluding hydrogens is 274 g/mol. The number of nitrogens with two attached hydrogens (primary N) is 1. The number of benzene rings is 1. The summed E-state index contributed by atoms with van der Waals surface area (Å²) in [5, 5.41) is 12.5. The fourth-order valence-electron chi connectivity index (χ4n) is 2.20. The van der Waals surface area contributed by atoms with Crippen molar-refractivity contribution < 1.29 is 14.6 Å². The molecule has 0 spiro atoms. The molecule has 0 radical (unpaired) electrons.